The van der Waals surface area contributed by atoms with Gasteiger partial charge in [-0.25, -0.2) is 9.97 Å². The fourth-order valence-electron chi connectivity index (χ4n) is 1.23. The predicted molar refractivity (Wildman–Crippen MR) is 58.3 cm³/mol. The summed E-state index contributed by atoms with van der Waals surface area (Å²) in [6.45, 7) is 4.60. The average Bonchev–Trinajstić information content (AvgIpc) is 2.16. The minimum atomic E-state index is 0.344. The third-order valence-corrected chi connectivity index (χ3v) is 2.06. The molecule has 0 aromatic carbocycles. The molecule has 4 heteroatoms. The number of hydrogen-bond acceptors (Lipinski definition) is 4. The molecular formula is C10H18N4. The molecule has 78 valence electrons. The highest BCUT2D eigenvalue weighted by Crippen LogP contribution is 2.17. The van der Waals surface area contributed by atoms with Gasteiger partial charge in [-0.3, -0.25) is 0 Å². The highest BCUT2D eigenvalue weighted by atomic mass is 15.1. The lowest BCUT2D eigenvalue weighted by Crippen LogP contribution is -2.16. The normalized spacial score (nSPS) is 10.7. The molecule has 1 aromatic rings. The van der Waals surface area contributed by atoms with Gasteiger partial charge in [0.05, 0.1) is 17.6 Å². The van der Waals surface area contributed by atoms with Crippen molar-refractivity contribution in [3.05, 3.63) is 17.7 Å². The smallest absolute Gasteiger partial charge is 0.131 e. The minimum absolute atomic E-state index is 0.344. The number of nitrogens with two attached hydrogens (primary N) is 1. The Morgan fingerprint density at radius 1 is 1.43 bits per heavy atom. The van der Waals surface area contributed by atoms with Crippen LogP contribution in [0.1, 0.15) is 31.3 Å². The van der Waals surface area contributed by atoms with Gasteiger partial charge in [-0.05, 0) is 0 Å². The number of anilines is 1. The maximum Gasteiger partial charge on any atom is 0.131 e. The SMILES string of the molecule is CC(C)c1ncc(N(C)C)c(CN)n1. The van der Waals surface area contributed by atoms with Crippen LogP contribution in [-0.2, 0) is 6.54 Å². The molecule has 2 N–H and O–H groups in total. The molecule has 0 spiro atoms. The molecule has 1 rings (SSSR count). The maximum absolute atomic E-state index is 5.64. The maximum atomic E-state index is 5.64. The Labute approximate surface area is 85.2 Å². The lowest BCUT2D eigenvalue weighted by atomic mass is 10.2. The van der Waals surface area contributed by atoms with E-state index < -0.39 is 0 Å². The van der Waals surface area contributed by atoms with Gasteiger partial charge in [0.25, 0.3) is 0 Å². The van der Waals surface area contributed by atoms with Crippen LogP contribution >= 0.6 is 0 Å². The summed E-state index contributed by atoms with van der Waals surface area (Å²) in [4.78, 5) is 10.7. The molecule has 0 amide bonds. The van der Waals surface area contributed by atoms with Gasteiger partial charge in [0.1, 0.15) is 5.82 Å². The summed E-state index contributed by atoms with van der Waals surface area (Å²) in [5.41, 5.74) is 7.55. The summed E-state index contributed by atoms with van der Waals surface area (Å²) in [7, 11) is 3.93. The lowest BCUT2D eigenvalue weighted by Gasteiger charge is -2.16. The van der Waals surface area contributed by atoms with E-state index in [4.69, 9.17) is 5.73 Å². The molecule has 1 aromatic heterocycles. The third-order valence-electron chi connectivity index (χ3n) is 2.06. The summed E-state index contributed by atoms with van der Waals surface area (Å²) >= 11 is 0. The van der Waals surface area contributed by atoms with E-state index in [-0.39, 0.29) is 0 Å². The van der Waals surface area contributed by atoms with Crippen LogP contribution in [0.15, 0.2) is 6.20 Å². The van der Waals surface area contributed by atoms with Gasteiger partial charge in [0, 0.05) is 26.6 Å². The molecule has 0 fully saturated rings. The molecule has 4 nitrogen and oxygen atoms in total. The molecule has 0 radical (unpaired) electrons. The molecule has 0 aliphatic rings. The predicted octanol–water partition coefficient (Wildman–Crippen LogP) is 1.12. The Morgan fingerprint density at radius 2 is 2.07 bits per heavy atom. The quantitative estimate of drug-likeness (QED) is 0.783. The van der Waals surface area contributed by atoms with E-state index in [0.717, 1.165) is 17.2 Å². The van der Waals surface area contributed by atoms with E-state index in [1.54, 1.807) is 0 Å². The van der Waals surface area contributed by atoms with Crippen LogP contribution in [0.4, 0.5) is 5.69 Å². The highest BCUT2D eigenvalue weighted by Gasteiger charge is 2.09. The first-order valence-corrected chi connectivity index (χ1v) is 4.79. The Bertz CT molecular complexity index is 307. The largest absolute Gasteiger partial charge is 0.375 e. The number of rotatable bonds is 3. The molecule has 14 heavy (non-hydrogen) atoms. The van der Waals surface area contributed by atoms with Crippen molar-refractivity contribution >= 4 is 5.69 Å². The molecule has 0 bridgehead atoms. The number of nitrogens with zero attached hydrogens (tertiary/aromatic N) is 3. The van der Waals surface area contributed by atoms with Crippen LogP contribution in [0.3, 0.4) is 0 Å². The molecule has 0 aliphatic carbocycles. The van der Waals surface area contributed by atoms with Crippen LogP contribution in [0.5, 0.6) is 0 Å². The van der Waals surface area contributed by atoms with Gasteiger partial charge in [-0.2, -0.15) is 0 Å². The Kier molecular flexibility index (Phi) is 3.41. The summed E-state index contributed by atoms with van der Waals surface area (Å²) in [6, 6.07) is 0. The fourth-order valence-corrected chi connectivity index (χ4v) is 1.23. The molecule has 0 unspecified atom stereocenters. The molecule has 0 aliphatic heterocycles. The van der Waals surface area contributed by atoms with Gasteiger partial charge in [0.2, 0.25) is 0 Å². The molecule has 0 atom stereocenters. The van der Waals surface area contributed by atoms with Crippen molar-refractivity contribution in [3.8, 4) is 0 Å². The third kappa shape index (κ3) is 2.20. The zero-order valence-electron chi connectivity index (χ0n) is 9.28. The topological polar surface area (TPSA) is 55.0 Å². The second kappa shape index (κ2) is 4.37. The molecule has 1 heterocycles. The van der Waals surface area contributed by atoms with Crippen LogP contribution in [0.2, 0.25) is 0 Å². The summed E-state index contributed by atoms with van der Waals surface area (Å²) in [5, 5.41) is 0. The van der Waals surface area contributed by atoms with Gasteiger partial charge in [-0.15, -0.1) is 0 Å². The Morgan fingerprint density at radius 3 is 2.50 bits per heavy atom. The van der Waals surface area contributed by atoms with E-state index in [1.807, 2.05) is 25.2 Å². The minimum Gasteiger partial charge on any atom is -0.375 e. The molecule has 0 saturated heterocycles. The van der Waals surface area contributed by atoms with Crippen molar-refractivity contribution < 1.29 is 0 Å². The Hall–Kier alpha value is -1.16. The van der Waals surface area contributed by atoms with E-state index in [0.29, 0.717) is 12.5 Å². The van der Waals surface area contributed by atoms with Crippen molar-refractivity contribution in [2.24, 2.45) is 5.73 Å². The van der Waals surface area contributed by atoms with Gasteiger partial charge < -0.3 is 10.6 Å². The van der Waals surface area contributed by atoms with E-state index in [1.165, 1.54) is 0 Å². The molecular weight excluding hydrogens is 176 g/mol. The summed E-state index contributed by atoms with van der Waals surface area (Å²) in [5.74, 6) is 1.20. The van der Waals surface area contributed by atoms with Crippen molar-refractivity contribution in [1.29, 1.82) is 0 Å². The van der Waals surface area contributed by atoms with Crippen LogP contribution in [0.25, 0.3) is 0 Å². The van der Waals surface area contributed by atoms with E-state index >= 15 is 0 Å². The number of aromatic nitrogens is 2. The van der Waals surface area contributed by atoms with E-state index in [2.05, 4.69) is 23.8 Å². The van der Waals surface area contributed by atoms with Crippen LogP contribution in [-0.4, -0.2) is 24.1 Å². The van der Waals surface area contributed by atoms with E-state index in [9.17, 15) is 0 Å². The second-order valence-corrected chi connectivity index (χ2v) is 3.81. The first-order chi connectivity index (χ1) is 6.56. The summed E-state index contributed by atoms with van der Waals surface area (Å²) in [6.07, 6.45) is 1.84. The first kappa shape index (κ1) is 10.9. The Balaban J connectivity index is 3.11. The van der Waals surface area contributed by atoms with Gasteiger partial charge in [0.15, 0.2) is 0 Å². The monoisotopic (exact) mass is 194 g/mol. The molecule has 0 saturated carbocycles. The first-order valence-electron chi connectivity index (χ1n) is 4.79. The van der Waals surface area contributed by atoms with Crippen LogP contribution in [0, 0.1) is 0 Å². The average molecular weight is 194 g/mol. The van der Waals surface area contributed by atoms with Crippen molar-refractivity contribution in [2.75, 3.05) is 19.0 Å². The van der Waals surface area contributed by atoms with Crippen LogP contribution < -0.4 is 10.6 Å². The zero-order chi connectivity index (χ0) is 10.7. The summed E-state index contributed by atoms with van der Waals surface area (Å²) < 4.78 is 0. The standard InChI is InChI=1S/C10H18N4/c1-7(2)10-12-6-9(14(3)4)8(5-11)13-10/h6-7H,5,11H2,1-4H3. The second-order valence-electron chi connectivity index (χ2n) is 3.81. The number of hydrogen-bond donors (Lipinski definition) is 1. The zero-order valence-corrected chi connectivity index (χ0v) is 9.28. The van der Waals surface area contributed by atoms with Crippen molar-refractivity contribution in [3.63, 3.8) is 0 Å². The van der Waals surface area contributed by atoms with Crippen molar-refractivity contribution in [2.45, 2.75) is 26.3 Å². The van der Waals surface area contributed by atoms with Gasteiger partial charge >= 0.3 is 0 Å². The van der Waals surface area contributed by atoms with Gasteiger partial charge in [-0.1, -0.05) is 13.8 Å². The highest BCUT2D eigenvalue weighted by molar-refractivity contribution is 5.47. The van der Waals surface area contributed by atoms with Crippen molar-refractivity contribution in [1.82, 2.24) is 9.97 Å². The lowest BCUT2D eigenvalue weighted by molar-refractivity contribution is 0.753. The fraction of sp³-hybridized carbons (Fsp3) is 0.600.